The Hall–Kier alpha value is -3.29. The molecule has 2 aromatic rings. The molecule has 8 nitrogen and oxygen atoms in total. The number of anilines is 1. The third kappa shape index (κ3) is 5.16. The van der Waals surface area contributed by atoms with Crippen molar-refractivity contribution in [3.63, 3.8) is 0 Å². The van der Waals surface area contributed by atoms with Crippen LogP contribution in [0.4, 0.5) is 11.4 Å². The van der Waals surface area contributed by atoms with Crippen LogP contribution < -0.4 is 14.4 Å². The lowest BCUT2D eigenvalue weighted by Crippen LogP contribution is -2.48. The van der Waals surface area contributed by atoms with Gasteiger partial charge in [0.1, 0.15) is 11.5 Å². The molecule has 0 unspecified atom stereocenters. The second-order valence-corrected chi connectivity index (χ2v) is 6.86. The largest absolute Gasteiger partial charge is 0.497 e. The Morgan fingerprint density at radius 1 is 1.00 bits per heavy atom. The summed E-state index contributed by atoms with van der Waals surface area (Å²) in [4.78, 5) is 27.0. The summed E-state index contributed by atoms with van der Waals surface area (Å²) in [7, 11) is 3.21. The van der Waals surface area contributed by atoms with E-state index in [1.54, 1.807) is 26.4 Å². The molecule has 1 aliphatic rings. The molecule has 2 aromatic carbocycles. The topological polar surface area (TPSA) is 85.2 Å². The summed E-state index contributed by atoms with van der Waals surface area (Å²) < 4.78 is 10.6. The first-order valence-electron chi connectivity index (χ1n) is 9.49. The Morgan fingerprint density at radius 3 is 2.10 bits per heavy atom. The van der Waals surface area contributed by atoms with Crippen molar-refractivity contribution in [3.05, 3.63) is 58.1 Å². The van der Waals surface area contributed by atoms with Crippen LogP contribution in [0.15, 0.2) is 42.5 Å². The second kappa shape index (κ2) is 9.27. The molecule has 0 radical (unpaired) electrons. The molecule has 8 heteroatoms. The van der Waals surface area contributed by atoms with Crippen LogP contribution in [0.1, 0.15) is 12.0 Å². The third-order valence-electron chi connectivity index (χ3n) is 5.10. The lowest BCUT2D eigenvalue weighted by Gasteiger charge is -2.36. The van der Waals surface area contributed by atoms with Crippen LogP contribution in [-0.4, -0.2) is 56.1 Å². The van der Waals surface area contributed by atoms with E-state index in [9.17, 15) is 14.9 Å². The maximum atomic E-state index is 12.6. The number of non-ortho nitro benzene ring substituents is 1. The molecule has 0 aliphatic carbocycles. The molecular weight excluding hydrogens is 374 g/mol. The van der Waals surface area contributed by atoms with Crippen molar-refractivity contribution in [2.24, 2.45) is 0 Å². The van der Waals surface area contributed by atoms with Crippen LogP contribution in [-0.2, 0) is 11.2 Å². The number of methoxy groups -OCH3 is 2. The summed E-state index contributed by atoms with van der Waals surface area (Å²) in [6.07, 6.45) is 1.04. The molecule has 29 heavy (non-hydrogen) atoms. The number of aryl methyl sites for hydroxylation is 1. The van der Waals surface area contributed by atoms with E-state index in [0.29, 0.717) is 50.5 Å². The second-order valence-electron chi connectivity index (χ2n) is 6.86. The number of nitro benzene ring substituents is 1. The highest BCUT2D eigenvalue weighted by molar-refractivity contribution is 5.77. The Kier molecular flexibility index (Phi) is 6.54. The van der Waals surface area contributed by atoms with Gasteiger partial charge in [-0.25, -0.2) is 0 Å². The van der Waals surface area contributed by atoms with Crippen molar-refractivity contribution < 1.29 is 19.2 Å². The van der Waals surface area contributed by atoms with E-state index < -0.39 is 4.92 Å². The van der Waals surface area contributed by atoms with E-state index in [1.165, 1.54) is 12.1 Å². The molecule has 1 heterocycles. The lowest BCUT2D eigenvalue weighted by atomic mass is 10.1. The van der Waals surface area contributed by atoms with Gasteiger partial charge in [-0.2, -0.15) is 0 Å². The molecule has 3 rings (SSSR count). The summed E-state index contributed by atoms with van der Waals surface area (Å²) in [6, 6.07) is 12.2. The van der Waals surface area contributed by atoms with E-state index >= 15 is 0 Å². The molecule has 1 saturated heterocycles. The van der Waals surface area contributed by atoms with Crippen LogP contribution in [0.5, 0.6) is 11.5 Å². The first kappa shape index (κ1) is 20.4. The van der Waals surface area contributed by atoms with E-state index in [2.05, 4.69) is 4.90 Å². The molecule has 0 bridgehead atoms. The summed E-state index contributed by atoms with van der Waals surface area (Å²) in [5, 5.41) is 10.8. The van der Waals surface area contributed by atoms with Crippen molar-refractivity contribution in [2.45, 2.75) is 12.8 Å². The smallest absolute Gasteiger partial charge is 0.269 e. The van der Waals surface area contributed by atoms with E-state index in [4.69, 9.17) is 9.47 Å². The molecule has 0 spiro atoms. The number of hydrogen-bond acceptors (Lipinski definition) is 6. The minimum Gasteiger partial charge on any atom is -0.497 e. The van der Waals surface area contributed by atoms with Crippen LogP contribution in [0, 0.1) is 10.1 Å². The average molecular weight is 399 g/mol. The number of ether oxygens (including phenoxy) is 2. The first-order chi connectivity index (χ1) is 14.0. The van der Waals surface area contributed by atoms with Gasteiger partial charge in [-0.3, -0.25) is 14.9 Å². The SMILES string of the molecule is COc1cc(CCC(=O)N2CCN(c3ccc([N+](=O)[O-])cc3)CC2)cc(OC)c1. The molecule has 0 aromatic heterocycles. The van der Waals surface area contributed by atoms with Crippen LogP contribution >= 0.6 is 0 Å². The quantitative estimate of drug-likeness (QED) is 0.526. The fourth-order valence-corrected chi connectivity index (χ4v) is 3.42. The summed E-state index contributed by atoms with van der Waals surface area (Å²) in [5.74, 6) is 1.54. The molecule has 1 amide bonds. The Balaban J connectivity index is 1.52. The fraction of sp³-hybridized carbons (Fsp3) is 0.381. The van der Waals surface area contributed by atoms with Crippen LogP contribution in [0.2, 0.25) is 0 Å². The summed E-state index contributed by atoms with van der Waals surface area (Å²) in [6.45, 7) is 2.68. The number of amides is 1. The highest BCUT2D eigenvalue weighted by atomic mass is 16.6. The monoisotopic (exact) mass is 399 g/mol. The fourth-order valence-electron chi connectivity index (χ4n) is 3.42. The summed E-state index contributed by atoms with van der Waals surface area (Å²) >= 11 is 0. The molecule has 0 N–H and O–H groups in total. The van der Waals surface area contributed by atoms with Gasteiger partial charge in [0.2, 0.25) is 5.91 Å². The number of piperazine rings is 1. The van der Waals surface area contributed by atoms with Gasteiger partial charge in [0.05, 0.1) is 19.1 Å². The zero-order chi connectivity index (χ0) is 20.8. The maximum Gasteiger partial charge on any atom is 0.269 e. The molecule has 1 fully saturated rings. The Labute approximate surface area is 169 Å². The molecule has 0 saturated carbocycles. The zero-order valence-corrected chi connectivity index (χ0v) is 16.7. The normalized spacial score (nSPS) is 13.9. The Morgan fingerprint density at radius 2 is 1.59 bits per heavy atom. The predicted octanol–water partition coefficient (Wildman–Crippen LogP) is 2.89. The van der Waals surface area contributed by atoms with Crippen molar-refractivity contribution in [1.82, 2.24) is 4.90 Å². The number of carbonyl (C=O) groups is 1. The highest BCUT2D eigenvalue weighted by Gasteiger charge is 2.21. The zero-order valence-electron chi connectivity index (χ0n) is 16.7. The molecular formula is C21H25N3O5. The minimum atomic E-state index is -0.404. The van der Waals surface area contributed by atoms with Crippen molar-refractivity contribution >= 4 is 17.3 Å². The number of carbonyl (C=O) groups excluding carboxylic acids is 1. The van der Waals surface area contributed by atoms with E-state index in [-0.39, 0.29) is 11.6 Å². The molecule has 0 atom stereocenters. The van der Waals surface area contributed by atoms with E-state index in [1.807, 2.05) is 23.1 Å². The van der Waals surface area contributed by atoms with E-state index in [0.717, 1.165) is 11.3 Å². The van der Waals surface area contributed by atoms with Crippen LogP contribution in [0.3, 0.4) is 0 Å². The average Bonchev–Trinajstić information content (AvgIpc) is 2.77. The number of nitrogens with zero attached hydrogens (tertiary/aromatic N) is 3. The van der Waals surface area contributed by atoms with Gasteiger partial charge in [-0.1, -0.05) is 0 Å². The lowest BCUT2D eigenvalue weighted by molar-refractivity contribution is -0.384. The number of benzene rings is 2. The van der Waals surface area contributed by atoms with Gasteiger partial charge >= 0.3 is 0 Å². The Bertz CT molecular complexity index is 839. The van der Waals surface area contributed by atoms with Gasteiger partial charge in [0.15, 0.2) is 0 Å². The number of rotatable bonds is 7. The number of nitro groups is 1. The minimum absolute atomic E-state index is 0.0803. The first-order valence-corrected chi connectivity index (χ1v) is 9.49. The predicted molar refractivity (Wildman–Crippen MR) is 110 cm³/mol. The van der Waals surface area contributed by atoms with Gasteiger partial charge in [0.25, 0.3) is 5.69 Å². The van der Waals surface area contributed by atoms with Crippen molar-refractivity contribution in [2.75, 3.05) is 45.3 Å². The molecule has 154 valence electrons. The van der Waals surface area contributed by atoms with Gasteiger partial charge in [-0.05, 0) is 36.2 Å². The van der Waals surface area contributed by atoms with Gasteiger partial charge in [0, 0.05) is 56.5 Å². The highest BCUT2D eigenvalue weighted by Crippen LogP contribution is 2.24. The van der Waals surface area contributed by atoms with Crippen molar-refractivity contribution in [1.29, 1.82) is 0 Å². The van der Waals surface area contributed by atoms with Gasteiger partial charge < -0.3 is 19.3 Å². The third-order valence-corrected chi connectivity index (χ3v) is 5.10. The maximum absolute atomic E-state index is 12.6. The van der Waals surface area contributed by atoms with Crippen molar-refractivity contribution in [3.8, 4) is 11.5 Å². The van der Waals surface area contributed by atoms with Crippen LogP contribution in [0.25, 0.3) is 0 Å². The molecule has 1 aliphatic heterocycles. The van der Waals surface area contributed by atoms with Gasteiger partial charge in [-0.15, -0.1) is 0 Å². The standard InChI is InChI=1S/C21H25N3O5/c1-28-19-13-16(14-20(15-19)29-2)3-8-21(25)23-11-9-22(10-12-23)17-4-6-18(7-5-17)24(26)27/h4-7,13-15H,3,8-12H2,1-2H3. The summed E-state index contributed by atoms with van der Waals surface area (Å²) in [5.41, 5.74) is 2.02. The number of hydrogen-bond donors (Lipinski definition) is 0.